The van der Waals surface area contributed by atoms with Gasteiger partial charge >= 0.3 is 0 Å². The number of rotatable bonds is 5. The summed E-state index contributed by atoms with van der Waals surface area (Å²) in [5.41, 5.74) is 2.12. The summed E-state index contributed by atoms with van der Waals surface area (Å²) >= 11 is 0. The van der Waals surface area contributed by atoms with Crippen molar-refractivity contribution in [3.63, 3.8) is 0 Å². The van der Waals surface area contributed by atoms with Crippen LogP contribution in [0.25, 0.3) is 5.65 Å². The molecule has 10 heteroatoms. The van der Waals surface area contributed by atoms with Gasteiger partial charge in [-0.3, -0.25) is 9.59 Å². The molecule has 2 atom stereocenters. The molecule has 176 valence electrons. The summed E-state index contributed by atoms with van der Waals surface area (Å²) in [6.45, 7) is 8.72. The van der Waals surface area contributed by atoms with Crippen LogP contribution >= 0.6 is 0 Å². The number of hydrogen-bond acceptors (Lipinski definition) is 5. The lowest BCUT2D eigenvalue weighted by molar-refractivity contribution is -0.116. The zero-order valence-electron chi connectivity index (χ0n) is 19.3. The van der Waals surface area contributed by atoms with Crippen molar-refractivity contribution in [1.29, 1.82) is 0 Å². The maximum atomic E-state index is 13.0. The van der Waals surface area contributed by atoms with E-state index in [1.165, 1.54) is 22.7 Å². The summed E-state index contributed by atoms with van der Waals surface area (Å²) in [5, 5.41) is 6.98. The molecule has 9 nitrogen and oxygen atoms in total. The van der Waals surface area contributed by atoms with Gasteiger partial charge in [-0.25, -0.2) is 8.42 Å². The highest BCUT2D eigenvalue weighted by molar-refractivity contribution is 7.89. The Morgan fingerprint density at radius 2 is 1.73 bits per heavy atom. The quantitative estimate of drug-likeness (QED) is 0.615. The molecule has 1 fully saturated rings. The molecular formula is C23H29N5O4S. The molecule has 4 rings (SSSR count). The number of nitrogens with zero attached hydrogens (tertiary/aromatic N) is 4. The predicted octanol–water partition coefficient (Wildman–Crippen LogP) is 2.42. The standard InChI is InChI=1S/C23H29N5O4S/c1-15-9-16(2)13-26(12-15)33(31,32)20-7-5-19(6-8-20)24-21(29)14-27-18(4)11-23(30)28-22(27)10-17(3)25-28/h5-8,10-11,15-16H,9,12-14H2,1-4H3,(H,24,29). The molecule has 1 aromatic carbocycles. The van der Waals surface area contributed by atoms with Gasteiger partial charge in [0, 0.05) is 36.6 Å². The van der Waals surface area contributed by atoms with Gasteiger partial charge in [-0.2, -0.15) is 13.9 Å². The minimum atomic E-state index is -3.58. The van der Waals surface area contributed by atoms with Crippen LogP contribution in [0.15, 0.2) is 46.1 Å². The van der Waals surface area contributed by atoms with Gasteiger partial charge in [-0.1, -0.05) is 13.8 Å². The summed E-state index contributed by atoms with van der Waals surface area (Å²) in [6.07, 6.45) is 1.02. The Bertz CT molecular complexity index is 1350. The summed E-state index contributed by atoms with van der Waals surface area (Å²) in [4.78, 5) is 25.1. The van der Waals surface area contributed by atoms with E-state index in [0.717, 1.165) is 6.42 Å². The second-order valence-electron chi connectivity index (χ2n) is 9.11. The minimum Gasteiger partial charge on any atom is -0.325 e. The molecule has 33 heavy (non-hydrogen) atoms. The fourth-order valence-electron chi connectivity index (χ4n) is 4.55. The summed E-state index contributed by atoms with van der Waals surface area (Å²) in [5.74, 6) is 0.353. The molecule has 3 heterocycles. The average molecular weight is 472 g/mol. The number of fused-ring (bicyclic) bond motifs is 1. The number of hydrogen-bond donors (Lipinski definition) is 1. The molecule has 0 bridgehead atoms. The number of amides is 1. The van der Waals surface area contributed by atoms with Gasteiger partial charge in [0.05, 0.1) is 10.6 Å². The molecule has 1 aliphatic rings. The van der Waals surface area contributed by atoms with Crippen molar-refractivity contribution in [2.75, 3.05) is 18.4 Å². The van der Waals surface area contributed by atoms with Crippen molar-refractivity contribution < 1.29 is 13.2 Å². The van der Waals surface area contributed by atoms with Crippen LogP contribution < -0.4 is 10.9 Å². The number of aryl methyl sites for hydroxylation is 2. The summed E-state index contributed by atoms with van der Waals surface area (Å²) < 4.78 is 30.6. The van der Waals surface area contributed by atoms with Gasteiger partial charge in [0.1, 0.15) is 12.2 Å². The van der Waals surface area contributed by atoms with E-state index in [1.54, 1.807) is 40.9 Å². The highest BCUT2D eigenvalue weighted by atomic mass is 32.2. The zero-order valence-corrected chi connectivity index (χ0v) is 20.1. The number of aromatic nitrogens is 3. The lowest BCUT2D eigenvalue weighted by atomic mass is 9.94. The molecule has 0 radical (unpaired) electrons. The number of benzene rings is 1. The van der Waals surface area contributed by atoms with Crippen LogP contribution in [-0.4, -0.2) is 45.9 Å². The molecule has 0 saturated carbocycles. The molecule has 3 aromatic rings. The van der Waals surface area contributed by atoms with Crippen LogP contribution in [0.5, 0.6) is 0 Å². The fourth-order valence-corrected chi connectivity index (χ4v) is 6.23. The second kappa shape index (κ2) is 8.75. The Balaban J connectivity index is 1.49. The van der Waals surface area contributed by atoms with E-state index in [4.69, 9.17) is 0 Å². The number of carbonyl (C=O) groups is 1. The third-order valence-electron chi connectivity index (χ3n) is 5.97. The number of anilines is 1. The lowest BCUT2D eigenvalue weighted by Gasteiger charge is -2.34. The normalized spacial score (nSPS) is 19.6. The largest absolute Gasteiger partial charge is 0.325 e. The third kappa shape index (κ3) is 4.72. The van der Waals surface area contributed by atoms with Crippen LogP contribution in [0.3, 0.4) is 0 Å². The summed E-state index contributed by atoms with van der Waals surface area (Å²) in [6, 6.07) is 9.44. The minimum absolute atomic E-state index is 0.00957. The number of nitrogens with one attached hydrogen (secondary N) is 1. The van der Waals surface area contributed by atoms with Gasteiger partial charge in [0.2, 0.25) is 15.9 Å². The van der Waals surface area contributed by atoms with Gasteiger partial charge in [-0.05, 0) is 56.4 Å². The lowest BCUT2D eigenvalue weighted by Crippen LogP contribution is -2.42. The van der Waals surface area contributed by atoms with Crippen molar-refractivity contribution in [3.8, 4) is 0 Å². The van der Waals surface area contributed by atoms with Crippen molar-refractivity contribution in [2.24, 2.45) is 11.8 Å². The first-order valence-corrected chi connectivity index (χ1v) is 12.5. The monoisotopic (exact) mass is 471 g/mol. The Morgan fingerprint density at radius 3 is 2.36 bits per heavy atom. The molecule has 2 unspecified atom stereocenters. The molecule has 0 aliphatic carbocycles. The number of carbonyl (C=O) groups excluding carboxylic acids is 1. The van der Waals surface area contributed by atoms with E-state index in [0.29, 0.717) is 47.6 Å². The van der Waals surface area contributed by atoms with E-state index in [9.17, 15) is 18.0 Å². The SMILES string of the molecule is Cc1cc2n(CC(=O)Nc3ccc(S(=O)(=O)N4CC(C)CC(C)C4)cc3)c(C)cc(=O)n2n1. The smallest absolute Gasteiger partial charge is 0.274 e. The number of sulfonamides is 1. The molecule has 1 saturated heterocycles. The van der Waals surface area contributed by atoms with Gasteiger partial charge in [-0.15, -0.1) is 0 Å². The zero-order chi connectivity index (χ0) is 23.9. The van der Waals surface area contributed by atoms with Crippen molar-refractivity contribution in [1.82, 2.24) is 18.5 Å². The Morgan fingerprint density at radius 1 is 1.09 bits per heavy atom. The van der Waals surface area contributed by atoms with E-state index < -0.39 is 10.0 Å². The van der Waals surface area contributed by atoms with Crippen molar-refractivity contribution in [3.05, 3.63) is 58.1 Å². The molecule has 1 aliphatic heterocycles. The van der Waals surface area contributed by atoms with E-state index in [2.05, 4.69) is 24.3 Å². The van der Waals surface area contributed by atoms with Gasteiger partial charge in [0.15, 0.2) is 0 Å². The average Bonchev–Trinajstić information content (AvgIpc) is 3.13. The Labute approximate surface area is 193 Å². The van der Waals surface area contributed by atoms with E-state index in [-0.39, 0.29) is 22.9 Å². The first-order valence-electron chi connectivity index (χ1n) is 11.0. The molecule has 1 amide bonds. The maximum Gasteiger partial charge on any atom is 0.274 e. The van der Waals surface area contributed by atoms with Crippen LogP contribution in [0.4, 0.5) is 5.69 Å². The topological polar surface area (TPSA) is 106 Å². The third-order valence-corrected chi connectivity index (χ3v) is 7.81. The van der Waals surface area contributed by atoms with Crippen LogP contribution in [0.2, 0.25) is 0 Å². The number of piperidine rings is 1. The predicted molar refractivity (Wildman–Crippen MR) is 126 cm³/mol. The summed E-state index contributed by atoms with van der Waals surface area (Å²) in [7, 11) is -3.58. The van der Waals surface area contributed by atoms with E-state index in [1.807, 2.05) is 0 Å². The Hall–Kier alpha value is -2.98. The highest BCUT2D eigenvalue weighted by Crippen LogP contribution is 2.27. The second-order valence-corrected chi connectivity index (χ2v) is 11.0. The van der Waals surface area contributed by atoms with Crippen LogP contribution in [0.1, 0.15) is 31.7 Å². The highest BCUT2D eigenvalue weighted by Gasteiger charge is 2.31. The first-order chi connectivity index (χ1) is 15.5. The molecule has 1 N–H and O–H groups in total. The first kappa shape index (κ1) is 23.2. The van der Waals surface area contributed by atoms with Crippen LogP contribution in [-0.2, 0) is 21.4 Å². The van der Waals surface area contributed by atoms with Crippen molar-refractivity contribution in [2.45, 2.75) is 45.6 Å². The fraction of sp³-hybridized carbons (Fsp3) is 0.435. The Kier molecular flexibility index (Phi) is 6.15. The molecule has 0 spiro atoms. The molecular weight excluding hydrogens is 442 g/mol. The van der Waals surface area contributed by atoms with Gasteiger partial charge < -0.3 is 9.88 Å². The van der Waals surface area contributed by atoms with Gasteiger partial charge in [0.25, 0.3) is 5.56 Å². The maximum absolute atomic E-state index is 13.0. The van der Waals surface area contributed by atoms with Crippen LogP contribution in [0, 0.1) is 25.7 Å². The molecule has 2 aromatic heterocycles. The van der Waals surface area contributed by atoms with Crippen molar-refractivity contribution >= 4 is 27.3 Å². The van der Waals surface area contributed by atoms with E-state index >= 15 is 0 Å².